The van der Waals surface area contributed by atoms with E-state index in [-0.39, 0.29) is 12.6 Å². The van der Waals surface area contributed by atoms with Gasteiger partial charge in [0.1, 0.15) is 12.1 Å². The van der Waals surface area contributed by atoms with Crippen LogP contribution in [0.5, 0.6) is 0 Å². The number of aromatic nitrogens is 4. The van der Waals surface area contributed by atoms with Gasteiger partial charge in [0.15, 0.2) is 0 Å². The van der Waals surface area contributed by atoms with E-state index in [1.54, 1.807) is 4.52 Å². The van der Waals surface area contributed by atoms with Gasteiger partial charge in [0.05, 0.1) is 0 Å². The van der Waals surface area contributed by atoms with Crippen molar-refractivity contribution >= 4 is 11.6 Å². The van der Waals surface area contributed by atoms with Crippen LogP contribution >= 0.6 is 0 Å². The van der Waals surface area contributed by atoms with Crippen LogP contribution in [0.25, 0.3) is 5.78 Å². The van der Waals surface area contributed by atoms with E-state index in [9.17, 15) is 5.11 Å². The Balaban J connectivity index is 2.06. The van der Waals surface area contributed by atoms with Crippen LogP contribution < -0.4 is 4.90 Å². The normalized spacial score (nSPS) is 12.5. The highest BCUT2D eigenvalue weighted by Crippen LogP contribution is 2.23. The molecule has 0 saturated carbocycles. The van der Waals surface area contributed by atoms with Gasteiger partial charge < -0.3 is 10.0 Å². The second-order valence-corrected chi connectivity index (χ2v) is 5.91. The van der Waals surface area contributed by atoms with Crippen molar-refractivity contribution in [1.82, 2.24) is 19.6 Å². The van der Waals surface area contributed by atoms with Crippen molar-refractivity contribution in [3.8, 4) is 0 Å². The first kappa shape index (κ1) is 16.4. The number of aryl methyl sites for hydroxylation is 1. The van der Waals surface area contributed by atoms with Crippen molar-refractivity contribution in [2.75, 3.05) is 11.5 Å². The molecule has 0 bridgehead atoms. The largest absolute Gasteiger partial charge is 0.396 e. The van der Waals surface area contributed by atoms with Crippen LogP contribution in [0.4, 0.5) is 5.82 Å². The van der Waals surface area contributed by atoms with Crippen molar-refractivity contribution in [3.05, 3.63) is 54.0 Å². The molecule has 1 aromatic carbocycles. The average molecular weight is 325 g/mol. The molecular formula is C18H23N5O. The van der Waals surface area contributed by atoms with Gasteiger partial charge in [0.2, 0.25) is 0 Å². The molecule has 0 radical (unpaired) electrons. The Kier molecular flexibility index (Phi) is 5.05. The smallest absolute Gasteiger partial charge is 0.254 e. The first-order valence-corrected chi connectivity index (χ1v) is 8.34. The van der Waals surface area contributed by atoms with Gasteiger partial charge in [-0.1, -0.05) is 37.3 Å². The van der Waals surface area contributed by atoms with Crippen molar-refractivity contribution in [2.45, 2.75) is 39.3 Å². The zero-order valence-electron chi connectivity index (χ0n) is 14.1. The van der Waals surface area contributed by atoms with Crippen molar-refractivity contribution in [3.63, 3.8) is 0 Å². The Morgan fingerprint density at radius 2 is 2.04 bits per heavy atom. The highest BCUT2D eigenvalue weighted by Gasteiger charge is 2.19. The van der Waals surface area contributed by atoms with Crippen molar-refractivity contribution < 1.29 is 5.11 Å². The Morgan fingerprint density at radius 1 is 1.25 bits per heavy atom. The summed E-state index contributed by atoms with van der Waals surface area (Å²) in [6.07, 6.45) is 3.05. The first-order chi connectivity index (χ1) is 11.7. The Hall–Kier alpha value is -2.47. The van der Waals surface area contributed by atoms with Gasteiger partial charge >= 0.3 is 0 Å². The molecule has 0 aliphatic heterocycles. The molecule has 3 aromatic rings. The number of hydrogen-bond acceptors (Lipinski definition) is 5. The maximum absolute atomic E-state index is 9.40. The van der Waals surface area contributed by atoms with Crippen LogP contribution in [0.2, 0.25) is 0 Å². The summed E-state index contributed by atoms with van der Waals surface area (Å²) in [6, 6.07) is 12.5. The van der Waals surface area contributed by atoms with E-state index in [1.807, 2.05) is 18.2 Å². The molecule has 6 nitrogen and oxygen atoms in total. The fourth-order valence-corrected chi connectivity index (χ4v) is 2.82. The molecule has 0 amide bonds. The minimum atomic E-state index is 0.151. The fourth-order valence-electron chi connectivity index (χ4n) is 2.82. The minimum Gasteiger partial charge on any atom is -0.396 e. The summed E-state index contributed by atoms with van der Waals surface area (Å²) in [5.41, 5.74) is 2.20. The Bertz CT molecular complexity index is 786. The molecular weight excluding hydrogens is 302 g/mol. The van der Waals surface area contributed by atoms with Crippen LogP contribution in [0.1, 0.15) is 31.5 Å². The van der Waals surface area contributed by atoms with E-state index in [4.69, 9.17) is 0 Å². The predicted molar refractivity (Wildman–Crippen MR) is 93.9 cm³/mol. The Morgan fingerprint density at radius 3 is 2.75 bits per heavy atom. The first-order valence-electron chi connectivity index (χ1n) is 8.34. The zero-order chi connectivity index (χ0) is 16.9. The van der Waals surface area contributed by atoms with Crippen LogP contribution in [-0.2, 0) is 13.0 Å². The molecule has 6 heteroatoms. The summed E-state index contributed by atoms with van der Waals surface area (Å²) in [6.45, 7) is 5.09. The molecule has 0 spiro atoms. The van der Waals surface area contributed by atoms with Gasteiger partial charge in [-0.05, 0) is 25.3 Å². The van der Waals surface area contributed by atoms with Gasteiger partial charge in [-0.15, -0.1) is 0 Å². The third-order valence-corrected chi connectivity index (χ3v) is 4.22. The second kappa shape index (κ2) is 7.40. The second-order valence-electron chi connectivity index (χ2n) is 5.91. The van der Waals surface area contributed by atoms with E-state index in [2.05, 4.69) is 52.0 Å². The molecule has 1 N–H and O–H groups in total. The monoisotopic (exact) mass is 325 g/mol. The average Bonchev–Trinajstić information content (AvgIpc) is 3.08. The topological polar surface area (TPSA) is 66.5 Å². The number of fused-ring (bicyclic) bond motifs is 1. The molecule has 2 heterocycles. The minimum absolute atomic E-state index is 0.151. The SMILES string of the molecule is CCc1cc(N(Cc2ccccc2)[C@@H](C)CCO)n2ncnc2n1. The lowest BCUT2D eigenvalue weighted by Crippen LogP contribution is -2.35. The third-order valence-electron chi connectivity index (χ3n) is 4.22. The van der Waals surface area contributed by atoms with E-state index in [0.717, 1.165) is 24.5 Å². The van der Waals surface area contributed by atoms with Gasteiger partial charge in [0, 0.05) is 31.0 Å². The zero-order valence-corrected chi connectivity index (χ0v) is 14.1. The van der Waals surface area contributed by atoms with Gasteiger partial charge in [-0.3, -0.25) is 0 Å². The van der Waals surface area contributed by atoms with Crippen LogP contribution in [-0.4, -0.2) is 37.3 Å². The van der Waals surface area contributed by atoms with E-state index < -0.39 is 0 Å². The Labute approximate surface area is 141 Å². The molecule has 0 aliphatic carbocycles. The summed E-state index contributed by atoms with van der Waals surface area (Å²) in [4.78, 5) is 11.0. The standard InChI is InChI=1S/C18H23N5O/c1-3-16-11-17(23-18(21-16)19-13-20-23)22(14(2)9-10-24)12-15-7-5-4-6-8-15/h4-8,11,13-14,24H,3,9-10,12H2,1-2H3/t14-/m0/s1. The molecule has 3 rings (SSSR count). The lowest BCUT2D eigenvalue weighted by molar-refractivity contribution is 0.275. The number of aliphatic hydroxyl groups is 1. The van der Waals surface area contributed by atoms with E-state index in [0.29, 0.717) is 12.2 Å². The predicted octanol–water partition coefficient (Wildman–Crippen LogP) is 2.46. The van der Waals surface area contributed by atoms with Gasteiger partial charge in [-0.2, -0.15) is 14.6 Å². The highest BCUT2D eigenvalue weighted by molar-refractivity contribution is 5.48. The number of rotatable bonds is 7. The van der Waals surface area contributed by atoms with Gasteiger partial charge in [0.25, 0.3) is 5.78 Å². The van der Waals surface area contributed by atoms with E-state index in [1.165, 1.54) is 11.9 Å². The summed E-state index contributed by atoms with van der Waals surface area (Å²) in [5, 5.41) is 13.7. The number of aliphatic hydroxyl groups excluding tert-OH is 1. The molecule has 0 aliphatic rings. The third kappa shape index (κ3) is 3.38. The molecule has 0 fully saturated rings. The molecule has 1 atom stereocenters. The van der Waals surface area contributed by atoms with Gasteiger partial charge in [-0.25, -0.2) is 4.98 Å². The number of hydrogen-bond donors (Lipinski definition) is 1. The molecule has 0 unspecified atom stereocenters. The molecule has 24 heavy (non-hydrogen) atoms. The molecule has 0 saturated heterocycles. The maximum atomic E-state index is 9.40. The highest BCUT2D eigenvalue weighted by atomic mass is 16.3. The van der Waals surface area contributed by atoms with Crippen molar-refractivity contribution in [1.29, 1.82) is 0 Å². The molecule has 2 aromatic heterocycles. The van der Waals surface area contributed by atoms with Crippen LogP contribution in [0.3, 0.4) is 0 Å². The van der Waals surface area contributed by atoms with Crippen LogP contribution in [0.15, 0.2) is 42.7 Å². The summed E-state index contributed by atoms with van der Waals surface area (Å²) >= 11 is 0. The lowest BCUT2D eigenvalue weighted by Gasteiger charge is -2.31. The number of benzene rings is 1. The molecule has 126 valence electrons. The van der Waals surface area contributed by atoms with Crippen LogP contribution in [0, 0.1) is 0 Å². The van der Waals surface area contributed by atoms with Crippen molar-refractivity contribution in [2.24, 2.45) is 0 Å². The summed E-state index contributed by atoms with van der Waals surface area (Å²) in [7, 11) is 0. The summed E-state index contributed by atoms with van der Waals surface area (Å²) in [5.74, 6) is 1.57. The number of anilines is 1. The number of nitrogens with zero attached hydrogens (tertiary/aromatic N) is 5. The summed E-state index contributed by atoms with van der Waals surface area (Å²) < 4.78 is 1.77. The fraction of sp³-hybridized carbons (Fsp3) is 0.389. The van der Waals surface area contributed by atoms with E-state index >= 15 is 0 Å². The quantitative estimate of drug-likeness (QED) is 0.723. The maximum Gasteiger partial charge on any atom is 0.254 e. The lowest BCUT2D eigenvalue weighted by atomic mass is 10.1.